The molecule has 0 aromatic heterocycles. The maximum atomic E-state index is 12.8. The van der Waals surface area contributed by atoms with Crippen molar-refractivity contribution in [1.82, 2.24) is 0 Å². The fraction of sp³-hybridized carbons (Fsp3) is 0.724. The van der Waals surface area contributed by atoms with E-state index in [2.05, 4.69) is 6.92 Å². The molecule has 0 saturated carbocycles. The highest BCUT2D eigenvalue weighted by Gasteiger charge is 2.48. The van der Waals surface area contributed by atoms with E-state index < -0.39 is 24.1 Å². The quantitative estimate of drug-likeness (QED) is 0.132. The van der Waals surface area contributed by atoms with Crippen LogP contribution < -0.4 is 0 Å². The van der Waals surface area contributed by atoms with Crippen LogP contribution in [0.25, 0.3) is 0 Å². The SMILES string of the molecule is CCCCCCCCCCCCCCCCC(=O)C1C(=O)OC(CO)C1OCc1ccccc1. The van der Waals surface area contributed by atoms with E-state index in [0.717, 1.165) is 24.8 Å². The maximum Gasteiger partial charge on any atom is 0.319 e. The Balaban J connectivity index is 1.57. The van der Waals surface area contributed by atoms with Gasteiger partial charge >= 0.3 is 5.97 Å². The predicted molar refractivity (Wildman–Crippen MR) is 135 cm³/mol. The van der Waals surface area contributed by atoms with Crippen LogP contribution in [-0.2, 0) is 25.7 Å². The molecule has 5 nitrogen and oxygen atoms in total. The van der Waals surface area contributed by atoms with Gasteiger partial charge in [0.25, 0.3) is 0 Å². The number of ether oxygens (including phenoxy) is 2. The zero-order valence-electron chi connectivity index (χ0n) is 21.2. The molecule has 3 unspecified atom stereocenters. The van der Waals surface area contributed by atoms with Crippen molar-refractivity contribution >= 4 is 11.8 Å². The van der Waals surface area contributed by atoms with Gasteiger partial charge < -0.3 is 14.6 Å². The molecular formula is C29H46O5. The second-order valence-corrected chi connectivity index (χ2v) is 9.71. The Hall–Kier alpha value is -1.72. The molecule has 0 aliphatic carbocycles. The van der Waals surface area contributed by atoms with Gasteiger partial charge in [-0.2, -0.15) is 0 Å². The monoisotopic (exact) mass is 474 g/mol. The lowest BCUT2D eigenvalue weighted by molar-refractivity contribution is -0.147. The van der Waals surface area contributed by atoms with Crippen molar-refractivity contribution in [1.29, 1.82) is 0 Å². The summed E-state index contributed by atoms with van der Waals surface area (Å²) >= 11 is 0. The Labute approximate surface area is 206 Å². The summed E-state index contributed by atoms with van der Waals surface area (Å²) in [6, 6.07) is 9.60. The van der Waals surface area contributed by atoms with Gasteiger partial charge in [-0.3, -0.25) is 9.59 Å². The molecule has 1 N–H and O–H groups in total. The molecule has 3 atom stereocenters. The zero-order chi connectivity index (χ0) is 24.4. The van der Waals surface area contributed by atoms with Crippen LogP contribution >= 0.6 is 0 Å². The summed E-state index contributed by atoms with van der Waals surface area (Å²) in [5.74, 6) is -1.62. The third kappa shape index (κ3) is 10.7. The number of esters is 1. The number of hydrogen-bond donors (Lipinski definition) is 1. The average molecular weight is 475 g/mol. The Morgan fingerprint density at radius 2 is 1.38 bits per heavy atom. The normalized spacial score (nSPS) is 19.9. The predicted octanol–water partition coefficient (Wildman–Crippen LogP) is 6.55. The lowest BCUT2D eigenvalue weighted by atomic mass is 9.93. The van der Waals surface area contributed by atoms with E-state index in [0.29, 0.717) is 6.42 Å². The molecule has 1 aliphatic rings. The summed E-state index contributed by atoms with van der Waals surface area (Å²) in [6.07, 6.45) is 16.5. The van der Waals surface area contributed by atoms with Gasteiger partial charge in [-0.15, -0.1) is 0 Å². The lowest BCUT2D eigenvalue weighted by Gasteiger charge is -2.20. The van der Waals surface area contributed by atoms with Crippen LogP contribution in [0.2, 0.25) is 0 Å². The Kier molecular flexibility index (Phi) is 14.8. The number of hydrogen-bond acceptors (Lipinski definition) is 5. The number of rotatable bonds is 20. The standard InChI is InChI=1S/C29H46O5/c1-2-3-4-5-6-7-8-9-10-11-12-13-14-18-21-25(31)27-28(26(22-30)34-29(27)32)33-23-24-19-16-15-17-20-24/h15-17,19-20,26-28,30H,2-14,18,21-23H2,1H3. The van der Waals surface area contributed by atoms with E-state index >= 15 is 0 Å². The number of aliphatic hydroxyl groups excluding tert-OH is 1. The molecule has 1 aromatic rings. The van der Waals surface area contributed by atoms with Crippen LogP contribution in [0, 0.1) is 5.92 Å². The van der Waals surface area contributed by atoms with Gasteiger partial charge in [-0.25, -0.2) is 0 Å². The van der Waals surface area contributed by atoms with E-state index in [1.54, 1.807) is 0 Å². The summed E-state index contributed by atoms with van der Waals surface area (Å²) in [5.41, 5.74) is 0.955. The third-order valence-corrected chi connectivity index (χ3v) is 6.81. The smallest absolute Gasteiger partial charge is 0.319 e. The number of cyclic esters (lactones) is 1. The van der Waals surface area contributed by atoms with Crippen molar-refractivity contribution < 1.29 is 24.2 Å². The summed E-state index contributed by atoms with van der Waals surface area (Å²) in [7, 11) is 0. The average Bonchev–Trinajstić information content (AvgIpc) is 3.18. The second-order valence-electron chi connectivity index (χ2n) is 9.71. The molecule has 192 valence electrons. The largest absolute Gasteiger partial charge is 0.456 e. The Bertz CT molecular complexity index is 674. The third-order valence-electron chi connectivity index (χ3n) is 6.81. The highest BCUT2D eigenvalue weighted by Crippen LogP contribution is 2.28. The number of benzene rings is 1. The van der Waals surface area contributed by atoms with Crippen LogP contribution in [0.3, 0.4) is 0 Å². The van der Waals surface area contributed by atoms with Crippen molar-refractivity contribution in [2.75, 3.05) is 6.61 Å². The molecule has 34 heavy (non-hydrogen) atoms. The summed E-state index contributed by atoms with van der Waals surface area (Å²) in [5, 5.41) is 9.59. The molecule has 0 amide bonds. The zero-order valence-corrected chi connectivity index (χ0v) is 21.2. The van der Waals surface area contributed by atoms with Crippen molar-refractivity contribution in [3.05, 3.63) is 35.9 Å². The molecule has 1 saturated heterocycles. The minimum absolute atomic E-state index is 0.127. The van der Waals surface area contributed by atoms with Gasteiger partial charge in [-0.1, -0.05) is 121 Å². The summed E-state index contributed by atoms with van der Waals surface area (Å²) in [4.78, 5) is 25.1. The molecule has 5 heteroatoms. The number of carbonyl (C=O) groups is 2. The van der Waals surface area contributed by atoms with Gasteiger partial charge in [0, 0.05) is 6.42 Å². The molecule has 1 fully saturated rings. The van der Waals surface area contributed by atoms with Gasteiger partial charge in [-0.05, 0) is 12.0 Å². The van der Waals surface area contributed by atoms with Crippen molar-refractivity contribution in [3.8, 4) is 0 Å². The van der Waals surface area contributed by atoms with Crippen LogP contribution in [0.1, 0.15) is 109 Å². The van der Waals surface area contributed by atoms with E-state index in [1.807, 2.05) is 30.3 Å². The van der Waals surface area contributed by atoms with Gasteiger partial charge in [0.2, 0.25) is 0 Å². The molecular weight excluding hydrogens is 428 g/mol. The lowest BCUT2D eigenvalue weighted by Crippen LogP contribution is -2.36. The van der Waals surface area contributed by atoms with Crippen LogP contribution in [-0.4, -0.2) is 35.7 Å². The van der Waals surface area contributed by atoms with E-state index in [1.165, 1.54) is 70.6 Å². The van der Waals surface area contributed by atoms with E-state index in [9.17, 15) is 14.7 Å². The molecule has 1 aliphatic heterocycles. The first-order valence-electron chi connectivity index (χ1n) is 13.7. The molecule has 0 radical (unpaired) electrons. The molecule has 0 spiro atoms. The Morgan fingerprint density at radius 3 is 1.91 bits per heavy atom. The first-order valence-corrected chi connectivity index (χ1v) is 13.7. The highest BCUT2D eigenvalue weighted by molar-refractivity contribution is 6.01. The number of aliphatic hydroxyl groups is 1. The summed E-state index contributed by atoms with van der Waals surface area (Å²) < 4.78 is 11.1. The van der Waals surface area contributed by atoms with Crippen molar-refractivity contribution in [2.45, 2.75) is 122 Å². The van der Waals surface area contributed by atoms with Crippen molar-refractivity contribution in [2.24, 2.45) is 5.92 Å². The first kappa shape index (κ1) is 28.5. The number of Topliss-reactive ketones (excluding diaryl/α,β-unsaturated/α-hetero) is 1. The fourth-order valence-electron chi connectivity index (χ4n) is 4.71. The number of unbranched alkanes of at least 4 members (excludes halogenated alkanes) is 13. The minimum atomic E-state index is -0.928. The highest BCUT2D eigenvalue weighted by atomic mass is 16.6. The summed E-state index contributed by atoms with van der Waals surface area (Å²) in [6.45, 7) is 2.20. The fourth-order valence-corrected chi connectivity index (χ4v) is 4.71. The van der Waals surface area contributed by atoms with Gasteiger partial charge in [0.15, 0.2) is 6.10 Å². The Morgan fingerprint density at radius 1 is 0.853 bits per heavy atom. The molecule has 1 heterocycles. The minimum Gasteiger partial charge on any atom is -0.456 e. The van der Waals surface area contributed by atoms with Crippen LogP contribution in [0.4, 0.5) is 0 Å². The van der Waals surface area contributed by atoms with Crippen LogP contribution in [0.5, 0.6) is 0 Å². The second kappa shape index (κ2) is 17.7. The van der Waals surface area contributed by atoms with E-state index in [-0.39, 0.29) is 19.0 Å². The number of carbonyl (C=O) groups excluding carboxylic acids is 2. The van der Waals surface area contributed by atoms with Crippen LogP contribution in [0.15, 0.2) is 30.3 Å². The first-order chi connectivity index (χ1) is 16.7. The van der Waals surface area contributed by atoms with Gasteiger partial charge in [0.1, 0.15) is 17.8 Å². The maximum absolute atomic E-state index is 12.8. The van der Waals surface area contributed by atoms with Crippen molar-refractivity contribution in [3.63, 3.8) is 0 Å². The molecule has 1 aromatic carbocycles. The molecule has 0 bridgehead atoms. The number of ketones is 1. The molecule has 2 rings (SSSR count). The van der Waals surface area contributed by atoms with E-state index in [4.69, 9.17) is 9.47 Å². The van der Waals surface area contributed by atoms with Gasteiger partial charge in [0.05, 0.1) is 13.2 Å². The topological polar surface area (TPSA) is 72.8 Å².